The highest BCUT2D eigenvalue weighted by Gasteiger charge is 2.23. The van der Waals surface area contributed by atoms with Crippen LogP contribution in [0.2, 0.25) is 0 Å². The van der Waals surface area contributed by atoms with Crippen LogP contribution in [0, 0.1) is 6.92 Å². The van der Waals surface area contributed by atoms with Gasteiger partial charge in [0.1, 0.15) is 11.5 Å². The molecule has 0 spiro atoms. The van der Waals surface area contributed by atoms with E-state index in [4.69, 9.17) is 9.47 Å². The van der Waals surface area contributed by atoms with Gasteiger partial charge in [0.25, 0.3) is 5.91 Å². The van der Waals surface area contributed by atoms with Crippen molar-refractivity contribution in [3.63, 3.8) is 0 Å². The van der Waals surface area contributed by atoms with Gasteiger partial charge in [-0.2, -0.15) is 0 Å². The molecule has 132 valence electrons. The number of amides is 1. The lowest BCUT2D eigenvalue weighted by molar-refractivity contribution is -0.131. The van der Waals surface area contributed by atoms with Crippen LogP contribution in [0.5, 0.6) is 11.5 Å². The minimum absolute atomic E-state index is 0.00307. The van der Waals surface area contributed by atoms with E-state index in [1.54, 1.807) is 13.2 Å². The maximum Gasteiger partial charge on any atom is 0.308 e. The predicted octanol–water partition coefficient (Wildman–Crippen LogP) is 3.71. The number of piperidine rings is 1. The first kappa shape index (κ1) is 17.3. The summed E-state index contributed by atoms with van der Waals surface area (Å²) in [7, 11) is 1.59. The Morgan fingerprint density at radius 1 is 1.04 bits per heavy atom. The molecule has 0 aliphatic carbocycles. The Hall–Kier alpha value is -2.56. The summed E-state index contributed by atoms with van der Waals surface area (Å²) in [5, 5.41) is 1.65. The van der Waals surface area contributed by atoms with E-state index < -0.39 is 5.97 Å². The first-order chi connectivity index (χ1) is 12.0. The van der Waals surface area contributed by atoms with Crippen LogP contribution in [0.3, 0.4) is 0 Å². The maximum atomic E-state index is 13.0. The van der Waals surface area contributed by atoms with Gasteiger partial charge in [0.2, 0.25) is 0 Å². The Balaban J connectivity index is 2.13. The van der Waals surface area contributed by atoms with Gasteiger partial charge in [-0.1, -0.05) is 6.07 Å². The first-order valence-electron chi connectivity index (χ1n) is 8.60. The van der Waals surface area contributed by atoms with E-state index in [0.717, 1.165) is 42.3 Å². The van der Waals surface area contributed by atoms with Gasteiger partial charge in [-0.3, -0.25) is 9.59 Å². The van der Waals surface area contributed by atoms with Crippen molar-refractivity contribution in [1.82, 2.24) is 4.90 Å². The molecule has 5 nitrogen and oxygen atoms in total. The summed E-state index contributed by atoms with van der Waals surface area (Å²) in [6, 6.07) is 7.27. The molecule has 0 N–H and O–H groups in total. The molecule has 0 radical (unpaired) electrons. The zero-order valence-corrected chi connectivity index (χ0v) is 14.9. The van der Waals surface area contributed by atoms with E-state index in [9.17, 15) is 9.59 Å². The molecular weight excluding hydrogens is 318 g/mol. The summed E-state index contributed by atoms with van der Waals surface area (Å²) >= 11 is 0. The lowest BCUT2D eigenvalue weighted by Crippen LogP contribution is -2.36. The van der Waals surface area contributed by atoms with Gasteiger partial charge in [-0.25, -0.2) is 0 Å². The van der Waals surface area contributed by atoms with Crippen molar-refractivity contribution in [1.29, 1.82) is 0 Å². The van der Waals surface area contributed by atoms with Crippen LogP contribution in [0.25, 0.3) is 10.8 Å². The molecule has 5 heteroatoms. The lowest BCUT2D eigenvalue weighted by Gasteiger charge is -2.27. The Morgan fingerprint density at radius 2 is 1.76 bits per heavy atom. The topological polar surface area (TPSA) is 55.8 Å². The van der Waals surface area contributed by atoms with Crippen LogP contribution >= 0.6 is 0 Å². The molecule has 0 saturated carbocycles. The molecule has 2 aromatic carbocycles. The van der Waals surface area contributed by atoms with E-state index in [0.29, 0.717) is 17.1 Å². The van der Waals surface area contributed by atoms with Gasteiger partial charge < -0.3 is 14.4 Å². The summed E-state index contributed by atoms with van der Waals surface area (Å²) in [6.07, 6.45) is 3.23. The van der Waals surface area contributed by atoms with E-state index in [-0.39, 0.29) is 5.91 Å². The number of ether oxygens (including phenoxy) is 2. The summed E-state index contributed by atoms with van der Waals surface area (Å²) in [4.78, 5) is 26.4. The largest absolute Gasteiger partial charge is 0.497 e. The van der Waals surface area contributed by atoms with Crippen LogP contribution in [0.15, 0.2) is 24.3 Å². The third-order valence-electron chi connectivity index (χ3n) is 4.70. The molecule has 1 aliphatic heterocycles. The summed E-state index contributed by atoms with van der Waals surface area (Å²) in [5.41, 5.74) is 1.49. The molecule has 2 aromatic rings. The van der Waals surface area contributed by atoms with Crippen molar-refractivity contribution in [2.45, 2.75) is 33.1 Å². The minimum atomic E-state index is -0.413. The standard InChI is InChI=1S/C20H23NO4/c1-13-16-8-7-15(24-3)11-18(16)19(25-14(2)22)12-17(13)20(23)21-9-5-4-6-10-21/h7-8,11-12H,4-6,9-10H2,1-3H3. The van der Waals surface area contributed by atoms with Gasteiger partial charge in [-0.15, -0.1) is 0 Å². The fourth-order valence-corrected chi connectivity index (χ4v) is 3.37. The molecule has 0 aromatic heterocycles. The van der Waals surface area contributed by atoms with Gasteiger partial charge in [0, 0.05) is 31.0 Å². The quantitative estimate of drug-likeness (QED) is 0.631. The van der Waals surface area contributed by atoms with Crippen LogP contribution in [0.4, 0.5) is 0 Å². The fourth-order valence-electron chi connectivity index (χ4n) is 3.37. The minimum Gasteiger partial charge on any atom is -0.497 e. The van der Waals surface area contributed by atoms with Gasteiger partial charge in [0.05, 0.1) is 7.11 Å². The molecule has 1 amide bonds. The van der Waals surface area contributed by atoms with Crippen molar-refractivity contribution >= 4 is 22.6 Å². The fraction of sp³-hybridized carbons (Fsp3) is 0.400. The molecule has 0 bridgehead atoms. The number of hydrogen-bond donors (Lipinski definition) is 0. The second kappa shape index (κ2) is 7.13. The van der Waals surface area contributed by atoms with Crippen molar-refractivity contribution in [2.75, 3.05) is 20.2 Å². The van der Waals surface area contributed by atoms with Crippen LogP contribution in [-0.4, -0.2) is 37.0 Å². The number of benzene rings is 2. The monoisotopic (exact) mass is 341 g/mol. The number of rotatable bonds is 3. The first-order valence-corrected chi connectivity index (χ1v) is 8.60. The Morgan fingerprint density at radius 3 is 2.40 bits per heavy atom. The SMILES string of the molecule is COc1ccc2c(C)c(C(=O)N3CCCCC3)cc(OC(C)=O)c2c1. The van der Waals surface area contributed by atoms with Crippen molar-refractivity contribution < 1.29 is 19.1 Å². The highest BCUT2D eigenvalue weighted by atomic mass is 16.5. The van der Waals surface area contributed by atoms with E-state index >= 15 is 0 Å². The predicted molar refractivity (Wildman–Crippen MR) is 96.3 cm³/mol. The zero-order chi connectivity index (χ0) is 18.0. The second-order valence-electron chi connectivity index (χ2n) is 6.41. The second-order valence-corrected chi connectivity index (χ2v) is 6.41. The number of nitrogens with zero attached hydrogens (tertiary/aromatic N) is 1. The smallest absolute Gasteiger partial charge is 0.308 e. The summed E-state index contributed by atoms with van der Waals surface area (Å²) in [5.74, 6) is 0.662. The molecule has 0 atom stereocenters. The number of methoxy groups -OCH3 is 1. The zero-order valence-electron chi connectivity index (χ0n) is 14.9. The molecular formula is C20H23NO4. The number of aryl methyl sites for hydroxylation is 1. The number of likely N-dealkylation sites (tertiary alicyclic amines) is 1. The number of fused-ring (bicyclic) bond motifs is 1. The normalized spacial score (nSPS) is 14.4. The maximum absolute atomic E-state index is 13.0. The highest BCUT2D eigenvalue weighted by Crippen LogP contribution is 2.35. The number of carbonyl (C=O) groups excluding carboxylic acids is 2. The molecule has 25 heavy (non-hydrogen) atoms. The Bertz CT molecular complexity index is 822. The summed E-state index contributed by atoms with van der Waals surface area (Å²) in [6.45, 7) is 4.85. The lowest BCUT2D eigenvalue weighted by atomic mass is 9.97. The Labute approximate surface area is 147 Å². The molecule has 0 unspecified atom stereocenters. The molecule has 1 saturated heterocycles. The van der Waals surface area contributed by atoms with Crippen molar-refractivity contribution in [2.24, 2.45) is 0 Å². The average molecular weight is 341 g/mol. The number of esters is 1. The van der Waals surface area contributed by atoms with Gasteiger partial charge in [0.15, 0.2) is 0 Å². The number of hydrogen-bond acceptors (Lipinski definition) is 4. The molecule has 1 fully saturated rings. The van der Waals surface area contributed by atoms with Crippen molar-refractivity contribution in [3.8, 4) is 11.5 Å². The Kier molecular flexibility index (Phi) is 4.93. The number of carbonyl (C=O) groups is 2. The van der Waals surface area contributed by atoms with E-state index in [2.05, 4.69) is 0 Å². The summed E-state index contributed by atoms with van der Waals surface area (Å²) < 4.78 is 10.7. The highest BCUT2D eigenvalue weighted by molar-refractivity contribution is 6.04. The van der Waals surface area contributed by atoms with Crippen LogP contribution in [0.1, 0.15) is 42.1 Å². The van der Waals surface area contributed by atoms with E-state index in [1.165, 1.54) is 13.3 Å². The van der Waals surface area contributed by atoms with Gasteiger partial charge >= 0.3 is 5.97 Å². The molecule has 3 rings (SSSR count). The van der Waals surface area contributed by atoms with Crippen LogP contribution < -0.4 is 9.47 Å². The third kappa shape index (κ3) is 3.45. The van der Waals surface area contributed by atoms with Crippen molar-refractivity contribution in [3.05, 3.63) is 35.4 Å². The van der Waals surface area contributed by atoms with E-state index in [1.807, 2.05) is 30.0 Å². The average Bonchev–Trinajstić information content (AvgIpc) is 2.63. The van der Waals surface area contributed by atoms with Gasteiger partial charge in [-0.05, 0) is 55.3 Å². The molecule has 1 aliphatic rings. The molecule has 1 heterocycles. The van der Waals surface area contributed by atoms with Crippen LogP contribution in [-0.2, 0) is 4.79 Å². The third-order valence-corrected chi connectivity index (χ3v) is 4.70.